The van der Waals surface area contributed by atoms with Crippen molar-refractivity contribution in [2.75, 3.05) is 0 Å². The smallest absolute Gasteiger partial charge is 0.342 e. The molecule has 0 saturated carbocycles. The number of benzene rings is 1. The van der Waals surface area contributed by atoms with E-state index < -0.39 is 17.2 Å². The zero-order valence-corrected chi connectivity index (χ0v) is 17.3. The minimum Gasteiger partial charge on any atom is -0.479 e. The minimum atomic E-state index is -1.54. The van der Waals surface area contributed by atoms with Gasteiger partial charge in [-0.2, -0.15) is 0 Å². The summed E-state index contributed by atoms with van der Waals surface area (Å²) in [5.41, 5.74) is 3.79. The van der Waals surface area contributed by atoms with Crippen LogP contribution in [0.15, 0.2) is 53.5 Å². The Balaban J connectivity index is 1.97. The molecule has 3 rings (SSSR count). The monoisotopic (exact) mass is 396 g/mol. The zero-order chi connectivity index (χ0) is 20.4. The van der Waals surface area contributed by atoms with Crippen molar-refractivity contribution < 1.29 is 14.6 Å². The molecule has 0 bridgehead atoms. The topological polar surface area (TPSA) is 72.3 Å². The molecule has 6 heteroatoms. The molecule has 28 heavy (non-hydrogen) atoms. The number of pyridine rings is 1. The molecule has 1 N–H and O–H groups in total. The molecule has 1 aromatic carbocycles. The van der Waals surface area contributed by atoms with Crippen LogP contribution in [0.1, 0.15) is 37.7 Å². The van der Waals surface area contributed by atoms with Crippen molar-refractivity contribution >= 4 is 17.3 Å². The molecule has 0 aliphatic rings. The number of rotatable bonds is 6. The molecule has 0 aliphatic heterocycles. The first-order valence-electron chi connectivity index (χ1n) is 9.04. The van der Waals surface area contributed by atoms with Gasteiger partial charge in [0.25, 0.3) is 0 Å². The number of aromatic nitrogens is 2. The largest absolute Gasteiger partial charge is 0.479 e. The fourth-order valence-corrected chi connectivity index (χ4v) is 3.84. The molecular formula is C22H24N2O3S. The van der Waals surface area contributed by atoms with Crippen LogP contribution in [0, 0.1) is 6.92 Å². The van der Waals surface area contributed by atoms with E-state index in [1.807, 2.05) is 64.1 Å². The summed E-state index contributed by atoms with van der Waals surface area (Å²) in [5.74, 6) is -1.04. The highest BCUT2D eigenvalue weighted by atomic mass is 32.1. The van der Waals surface area contributed by atoms with Gasteiger partial charge in [0.05, 0.1) is 16.8 Å². The molecule has 5 nitrogen and oxygen atoms in total. The molecule has 0 saturated heterocycles. The number of aryl methyl sites for hydroxylation is 1. The highest BCUT2D eigenvalue weighted by molar-refractivity contribution is 7.07. The minimum absolute atomic E-state index is 0.190. The number of hydrogen-bond acceptors (Lipinski definition) is 5. The molecule has 0 amide bonds. The Hall–Kier alpha value is -2.57. The van der Waals surface area contributed by atoms with Crippen LogP contribution in [0.4, 0.5) is 0 Å². The van der Waals surface area contributed by atoms with E-state index in [0.29, 0.717) is 5.69 Å². The lowest BCUT2D eigenvalue weighted by Crippen LogP contribution is -2.46. The van der Waals surface area contributed by atoms with Gasteiger partial charge in [-0.15, -0.1) is 11.3 Å². The van der Waals surface area contributed by atoms with E-state index in [1.165, 1.54) is 11.3 Å². The van der Waals surface area contributed by atoms with Crippen LogP contribution >= 0.6 is 11.3 Å². The maximum absolute atomic E-state index is 12.4. The lowest BCUT2D eigenvalue weighted by atomic mass is 9.89. The lowest BCUT2D eigenvalue weighted by molar-refractivity contribution is -0.188. The highest BCUT2D eigenvalue weighted by Crippen LogP contribution is 2.35. The standard InChI is InChI=1S/C22H24N2O3S/c1-15-18(6-5-11-23-15)17-9-7-16(8-10-17)12-22(20(25)26,27-21(2,3)4)19-13-28-14-24-19/h5-11,13-14H,12H2,1-4H3,(H,25,26). The molecule has 0 aliphatic carbocycles. The van der Waals surface area contributed by atoms with Gasteiger partial charge in [-0.1, -0.05) is 30.3 Å². The van der Waals surface area contributed by atoms with Crippen molar-refractivity contribution in [3.05, 3.63) is 70.4 Å². The summed E-state index contributed by atoms with van der Waals surface area (Å²) in [6.45, 7) is 7.53. The third-order valence-corrected chi connectivity index (χ3v) is 4.98. The van der Waals surface area contributed by atoms with Crippen molar-refractivity contribution in [3.8, 4) is 11.1 Å². The van der Waals surface area contributed by atoms with Crippen molar-refractivity contribution in [1.29, 1.82) is 0 Å². The molecule has 2 heterocycles. The molecule has 146 valence electrons. The van der Waals surface area contributed by atoms with E-state index in [2.05, 4.69) is 9.97 Å². The molecule has 0 radical (unpaired) electrons. The van der Waals surface area contributed by atoms with Gasteiger partial charge in [0.15, 0.2) is 0 Å². The van der Waals surface area contributed by atoms with Crippen LogP contribution in [0.5, 0.6) is 0 Å². The fraction of sp³-hybridized carbons (Fsp3) is 0.318. The van der Waals surface area contributed by atoms with Gasteiger partial charge >= 0.3 is 5.97 Å². The summed E-state index contributed by atoms with van der Waals surface area (Å²) in [4.78, 5) is 21.0. The first-order valence-corrected chi connectivity index (χ1v) is 9.99. The van der Waals surface area contributed by atoms with Gasteiger partial charge < -0.3 is 9.84 Å². The van der Waals surface area contributed by atoms with Gasteiger partial charge in [-0.3, -0.25) is 4.98 Å². The third-order valence-electron chi connectivity index (χ3n) is 4.40. The summed E-state index contributed by atoms with van der Waals surface area (Å²) >= 11 is 1.36. The number of thiazole rings is 1. The Labute approximate surface area is 169 Å². The first kappa shape index (κ1) is 20.2. The molecule has 0 fully saturated rings. The molecular weight excluding hydrogens is 372 g/mol. The van der Waals surface area contributed by atoms with Crippen LogP contribution in [-0.4, -0.2) is 26.6 Å². The zero-order valence-electron chi connectivity index (χ0n) is 16.5. The van der Waals surface area contributed by atoms with Crippen LogP contribution < -0.4 is 0 Å². The number of hydrogen-bond donors (Lipinski definition) is 1. The summed E-state index contributed by atoms with van der Waals surface area (Å²) in [7, 11) is 0. The molecule has 1 atom stereocenters. The van der Waals surface area contributed by atoms with Crippen LogP contribution in [0.2, 0.25) is 0 Å². The Morgan fingerprint density at radius 1 is 1.14 bits per heavy atom. The van der Waals surface area contributed by atoms with Crippen molar-refractivity contribution in [3.63, 3.8) is 0 Å². The van der Waals surface area contributed by atoms with Gasteiger partial charge in [0.2, 0.25) is 5.60 Å². The number of carboxylic acid groups (broad SMARTS) is 1. The predicted octanol–water partition coefficient (Wildman–Crippen LogP) is 4.85. The maximum atomic E-state index is 12.4. The first-order chi connectivity index (χ1) is 13.2. The van der Waals surface area contributed by atoms with Gasteiger partial charge in [-0.05, 0) is 44.9 Å². The molecule has 2 aromatic heterocycles. The lowest BCUT2D eigenvalue weighted by Gasteiger charge is -2.35. The van der Waals surface area contributed by atoms with Crippen LogP contribution in [-0.2, 0) is 21.6 Å². The average molecular weight is 397 g/mol. The van der Waals surface area contributed by atoms with Crippen LogP contribution in [0.3, 0.4) is 0 Å². The van der Waals surface area contributed by atoms with E-state index in [9.17, 15) is 9.90 Å². The summed E-state index contributed by atoms with van der Waals surface area (Å²) < 4.78 is 6.10. The summed E-state index contributed by atoms with van der Waals surface area (Å²) in [6.07, 6.45) is 1.96. The van der Waals surface area contributed by atoms with Crippen molar-refractivity contribution in [2.45, 2.75) is 45.3 Å². The van der Waals surface area contributed by atoms with Crippen LogP contribution in [0.25, 0.3) is 11.1 Å². The van der Waals surface area contributed by atoms with Crippen molar-refractivity contribution in [1.82, 2.24) is 9.97 Å². The Morgan fingerprint density at radius 2 is 1.86 bits per heavy atom. The van der Waals surface area contributed by atoms with Gasteiger partial charge in [0, 0.05) is 29.3 Å². The second kappa shape index (κ2) is 7.81. The molecule has 0 spiro atoms. The number of ether oxygens (including phenoxy) is 1. The normalized spacial score (nSPS) is 13.9. The Kier molecular flexibility index (Phi) is 5.63. The number of carbonyl (C=O) groups is 1. The Morgan fingerprint density at radius 3 is 2.39 bits per heavy atom. The maximum Gasteiger partial charge on any atom is 0.342 e. The van der Waals surface area contributed by atoms with E-state index in [4.69, 9.17) is 4.74 Å². The van der Waals surface area contributed by atoms with Crippen molar-refractivity contribution in [2.24, 2.45) is 0 Å². The third kappa shape index (κ3) is 4.29. The molecule has 1 unspecified atom stereocenters. The summed E-state index contributed by atoms with van der Waals surface area (Å²) in [5, 5.41) is 11.9. The second-order valence-corrected chi connectivity index (χ2v) is 8.45. The highest BCUT2D eigenvalue weighted by Gasteiger charge is 2.46. The van der Waals surface area contributed by atoms with E-state index in [-0.39, 0.29) is 6.42 Å². The fourth-order valence-electron chi connectivity index (χ4n) is 3.22. The number of aliphatic carboxylic acids is 1. The molecule has 3 aromatic rings. The van der Waals surface area contributed by atoms with E-state index in [1.54, 1.807) is 17.1 Å². The quantitative estimate of drug-likeness (QED) is 0.645. The summed E-state index contributed by atoms with van der Waals surface area (Å²) in [6, 6.07) is 11.8. The SMILES string of the molecule is Cc1ncccc1-c1ccc(CC(OC(C)(C)C)(C(=O)O)c2cscn2)cc1. The Bertz CT molecular complexity index is 947. The van der Waals surface area contributed by atoms with E-state index >= 15 is 0 Å². The van der Waals surface area contributed by atoms with Gasteiger partial charge in [-0.25, -0.2) is 9.78 Å². The van der Waals surface area contributed by atoms with Gasteiger partial charge in [0.1, 0.15) is 0 Å². The second-order valence-electron chi connectivity index (χ2n) is 7.73. The predicted molar refractivity (Wildman–Crippen MR) is 110 cm³/mol. The number of nitrogens with zero attached hydrogens (tertiary/aromatic N) is 2. The average Bonchev–Trinajstić information content (AvgIpc) is 3.16. The number of carboxylic acids is 1. The van der Waals surface area contributed by atoms with E-state index in [0.717, 1.165) is 22.4 Å².